The van der Waals surface area contributed by atoms with Gasteiger partial charge in [0.15, 0.2) is 0 Å². The van der Waals surface area contributed by atoms with Crippen molar-refractivity contribution in [3.63, 3.8) is 0 Å². The Morgan fingerprint density at radius 3 is 2.55 bits per heavy atom. The van der Waals surface area contributed by atoms with Crippen LogP contribution in [0.1, 0.15) is 17.5 Å². The number of piperazine rings is 1. The van der Waals surface area contributed by atoms with Crippen LogP contribution >= 0.6 is 0 Å². The number of aryl methyl sites for hydroxylation is 2. The molecule has 1 aromatic carbocycles. The number of nitrogens with one attached hydrogen (secondary N) is 2. The zero-order valence-electron chi connectivity index (χ0n) is 13.1. The number of amides is 1. The van der Waals surface area contributed by atoms with Gasteiger partial charge in [0.25, 0.3) is 0 Å². The third-order valence-corrected chi connectivity index (χ3v) is 4.05. The van der Waals surface area contributed by atoms with E-state index in [2.05, 4.69) is 10.6 Å². The van der Waals surface area contributed by atoms with Crippen molar-refractivity contribution in [1.29, 1.82) is 0 Å². The summed E-state index contributed by atoms with van der Waals surface area (Å²) in [5.41, 5.74) is 2.95. The number of carbonyl (C=O) groups is 2. The fourth-order valence-electron chi connectivity index (χ4n) is 2.57. The van der Waals surface area contributed by atoms with Gasteiger partial charge in [-0.2, -0.15) is 0 Å². The van der Waals surface area contributed by atoms with Gasteiger partial charge in [-0.25, -0.2) is 0 Å². The van der Waals surface area contributed by atoms with Gasteiger partial charge in [-0.3, -0.25) is 14.5 Å². The van der Waals surface area contributed by atoms with Crippen LogP contribution < -0.4 is 10.6 Å². The molecule has 1 aliphatic rings. The van der Waals surface area contributed by atoms with Crippen LogP contribution in [0.2, 0.25) is 0 Å². The molecule has 0 radical (unpaired) electrons. The van der Waals surface area contributed by atoms with Gasteiger partial charge in [0.1, 0.15) is 6.04 Å². The molecule has 0 unspecified atom stereocenters. The minimum Gasteiger partial charge on any atom is -0.480 e. The first-order valence-electron chi connectivity index (χ1n) is 7.52. The average Bonchev–Trinajstić information content (AvgIpc) is 2.49. The lowest BCUT2D eigenvalue weighted by Gasteiger charge is -2.32. The van der Waals surface area contributed by atoms with E-state index >= 15 is 0 Å². The van der Waals surface area contributed by atoms with Crippen LogP contribution in [0, 0.1) is 13.8 Å². The summed E-state index contributed by atoms with van der Waals surface area (Å²) in [4.78, 5) is 25.4. The van der Waals surface area contributed by atoms with E-state index in [9.17, 15) is 14.7 Å². The molecule has 1 heterocycles. The number of hydrogen-bond acceptors (Lipinski definition) is 4. The van der Waals surface area contributed by atoms with E-state index in [-0.39, 0.29) is 12.3 Å². The van der Waals surface area contributed by atoms with Crippen LogP contribution in [0.5, 0.6) is 0 Å². The number of nitrogens with zero attached hydrogens (tertiary/aromatic N) is 1. The van der Waals surface area contributed by atoms with Gasteiger partial charge in [-0.05, 0) is 37.1 Å². The van der Waals surface area contributed by atoms with E-state index in [1.54, 1.807) is 0 Å². The summed E-state index contributed by atoms with van der Waals surface area (Å²) < 4.78 is 0. The number of benzene rings is 1. The molecule has 2 rings (SSSR count). The summed E-state index contributed by atoms with van der Waals surface area (Å²) in [7, 11) is 0. The zero-order chi connectivity index (χ0) is 16.1. The van der Waals surface area contributed by atoms with Gasteiger partial charge in [0.2, 0.25) is 5.91 Å². The van der Waals surface area contributed by atoms with Crippen molar-refractivity contribution in [3.8, 4) is 0 Å². The van der Waals surface area contributed by atoms with Crippen molar-refractivity contribution >= 4 is 17.6 Å². The Morgan fingerprint density at radius 2 is 1.95 bits per heavy atom. The minimum atomic E-state index is -0.947. The lowest BCUT2D eigenvalue weighted by Crippen LogP contribution is -2.52. The summed E-state index contributed by atoms with van der Waals surface area (Å²) in [6.07, 6.45) is -0.0394. The normalized spacial score (nSPS) is 17.0. The largest absolute Gasteiger partial charge is 0.480 e. The van der Waals surface area contributed by atoms with Crippen molar-refractivity contribution in [2.24, 2.45) is 0 Å². The molecule has 0 spiro atoms. The Bertz CT molecular complexity index is 554. The molecule has 22 heavy (non-hydrogen) atoms. The van der Waals surface area contributed by atoms with Crippen molar-refractivity contribution in [1.82, 2.24) is 10.2 Å². The predicted molar refractivity (Wildman–Crippen MR) is 85.0 cm³/mol. The highest BCUT2D eigenvalue weighted by atomic mass is 16.4. The molecule has 120 valence electrons. The maximum Gasteiger partial charge on any atom is 0.321 e. The van der Waals surface area contributed by atoms with E-state index in [0.29, 0.717) is 18.8 Å². The maximum absolute atomic E-state index is 12.1. The first-order valence-corrected chi connectivity index (χ1v) is 7.52. The third kappa shape index (κ3) is 4.29. The molecule has 0 saturated carbocycles. The summed E-state index contributed by atoms with van der Waals surface area (Å²) in [5, 5.41) is 15.3. The molecular weight excluding hydrogens is 282 g/mol. The van der Waals surface area contributed by atoms with Crippen LogP contribution in [-0.4, -0.2) is 54.1 Å². The molecule has 6 nitrogen and oxygen atoms in total. The predicted octanol–water partition coefficient (Wildman–Crippen LogP) is 0.990. The fourth-order valence-corrected chi connectivity index (χ4v) is 2.57. The van der Waals surface area contributed by atoms with Gasteiger partial charge in [-0.15, -0.1) is 0 Å². The number of carbonyl (C=O) groups excluding carboxylic acids is 1. The van der Waals surface area contributed by atoms with Crippen molar-refractivity contribution in [3.05, 3.63) is 29.3 Å². The Balaban J connectivity index is 1.98. The summed E-state index contributed by atoms with van der Waals surface area (Å²) in [6, 6.07) is 4.90. The van der Waals surface area contributed by atoms with Gasteiger partial charge >= 0.3 is 5.97 Å². The Labute approximate surface area is 130 Å². The second-order valence-electron chi connectivity index (χ2n) is 5.69. The number of anilines is 1. The SMILES string of the molecule is Cc1ccc(NC(=O)C[C@H](C(=O)O)N2CCNCC2)cc1C. The first kappa shape index (κ1) is 16.5. The van der Waals surface area contributed by atoms with E-state index in [1.165, 1.54) is 0 Å². The Hall–Kier alpha value is -1.92. The highest BCUT2D eigenvalue weighted by molar-refractivity contribution is 5.94. The van der Waals surface area contributed by atoms with E-state index in [0.717, 1.165) is 24.2 Å². The van der Waals surface area contributed by atoms with Crippen LogP contribution in [0.4, 0.5) is 5.69 Å². The molecule has 3 N–H and O–H groups in total. The van der Waals surface area contributed by atoms with Crippen molar-refractivity contribution in [2.75, 3.05) is 31.5 Å². The zero-order valence-corrected chi connectivity index (χ0v) is 13.1. The number of rotatable bonds is 5. The fraction of sp³-hybridized carbons (Fsp3) is 0.500. The summed E-state index contributed by atoms with van der Waals surface area (Å²) in [5.74, 6) is -1.22. The molecule has 0 aromatic heterocycles. The number of carboxylic acids is 1. The van der Waals surface area contributed by atoms with Gasteiger partial charge < -0.3 is 15.7 Å². The standard InChI is InChI=1S/C16H23N3O3/c1-11-3-4-13(9-12(11)2)18-15(20)10-14(16(21)22)19-7-5-17-6-8-19/h3-4,9,14,17H,5-8,10H2,1-2H3,(H,18,20)(H,21,22)/t14-/m1/s1. The van der Waals surface area contributed by atoms with Gasteiger partial charge in [0, 0.05) is 31.9 Å². The number of aliphatic carboxylic acids is 1. The third-order valence-electron chi connectivity index (χ3n) is 4.05. The monoisotopic (exact) mass is 305 g/mol. The molecule has 0 bridgehead atoms. The van der Waals surface area contributed by atoms with E-state index in [1.807, 2.05) is 36.9 Å². The molecular formula is C16H23N3O3. The topological polar surface area (TPSA) is 81.7 Å². The molecule has 0 aliphatic carbocycles. The van der Waals surface area contributed by atoms with Crippen LogP contribution in [0.25, 0.3) is 0 Å². The van der Waals surface area contributed by atoms with Crippen LogP contribution in [0.15, 0.2) is 18.2 Å². The van der Waals surface area contributed by atoms with Gasteiger partial charge in [-0.1, -0.05) is 6.07 Å². The molecule has 1 amide bonds. The molecule has 1 aromatic rings. The Kier molecular flexibility index (Phi) is 5.51. The van der Waals surface area contributed by atoms with E-state index in [4.69, 9.17) is 0 Å². The van der Waals surface area contributed by atoms with Crippen molar-refractivity contribution in [2.45, 2.75) is 26.3 Å². The Morgan fingerprint density at radius 1 is 1.27 bits per heavy atom. The highest BCUT2D eigenvalue weighted by Gasteiger charge is 2.29. The number of hydrogen-bond donors (Lipinski definition) is 3. The highest BCUT2D eigenvalue weighted by Crippen LogP contribution is 2.15. The average molecular weight is 305 g/mol. The van der Waals surface area contributed by atoms with Crippen molar-refractivity contribution < 1.29 is 14.7 Å². The lowest BCUT2D eigenvalue weighted by molar-refractivity contribution is -0.145. The van der Waals surface area contributed by atoms with Crippen LogP contribution in [-0.2, 0) is 9.59 Å². The first-order chi connectivity index (χ1) is 10.5. The molecule has 6 heteroatoms. The summed E-state index contributed by atoms with van der Waals surface area (Å²) in [6.45, 7) is 6.78. The molecule has 1 aliphatic heterocycles. The van der Waals surface area contributed by atoms with E-state index < -0.39 is 12.0 Å². The lowest BCUT2D eigenvalue weighted by atomic mass is 10.1. The second-order valence-corrected chi connectivity index (χ2v) is 5.69. The molecule has 1 atom stereocenters. The quantitative estimate of drug-likeness (QED) is 0.756. The van der Waals surface area contributed by atoms with Crippen LogP contribution in [0.3, 0.4) is 0 Å². The maximum atomic E-state index is 12.1. The minimum absolute atomic E-state index is 0.0394. The smallest absolute Gasteiger partial charge is 0.321 e. The summed E-state index contributed by atoms with van der Waals surface area (Å²) >= 11 is 0. The molecule has 1 saturated heterocycles. The molecule has 1 fully saturated rings. The number of carboxylic acid groups (broad SMARTS) is 1. The van der Waals surface area contributed by atoms with Gasteiger partial charge in [0.05, 0.1) is 6.42 Å². The second kappa shape index (κ2) is 7.38.